The van der Waals surface area contributed by atoms with Crippen molar-refractivity contribution in [1.82, 2.24) is 10.2 Å². The fourth-order valence-electron chi connectivity index (χ4n) is 2.68. The number of rotatable bonds is 6. The van der Waals surface area contributed by atoms with Crippen molar-refractivity contribution in [3.63, 3.8) is 0 Å². The maximum Gasteiger partial charge on any atom is 0.416 e. The van der Waals surface area contributed by atoms with Gasteiger partial charge in [-0.2, -0.15) is 26.3 Å². The number of halogens is 6. The van der Waals surface area contributed by atoms with Crippen LogP contribution in [0.3, 0.4) is 0 Å². The molecule has 1 amide bonds. The van der Waals surface area contributed by atoms with Crippen LogP contribution in [0.15, 0.2) is 51.8 Å². The number of nitrogens with one attached hydrogen (secondary N) is 1. The molecule has 0 unspecified atom stereocenters. The van der Waals surface area contributed by atoms with Crippen molar-refractivity contribution >= 4 is 23.7 Å². The second-order valence-electron chi connectivity index (χ2n) is 6.50. The summed E-state index contributed by atoms with van der Waals surface area (Å²) >= 11 is 1.66. The molecule has 0 saturated carbocycles. The van der Waals surface area contributed by atoms with Crippen molar-refractivity contribution in [3.05, 3.63) is 70.6 Å². The third kappa shape index (κ3) is 6.02. The van der Waals surface area contributed by atoms with Crippen molar-refractivity contribution in [2.45, 2.75) is 30.6 Å². The normalized spacial score (nSPS) is 12.1. The Balaban J connectivity index is 1.76. The zero-order valence-electron chi connectivity index (χ0n) is 16.3. The molecule has 0 aliphatic heterocycles. The molecule has 2 aromatic carbocycles. The Kier molecular flexibility index (Phi) is 6.82. The highest BCUT2D eigenvalue weighted by molar-refractivity contribution is 7.99. The number of hydrogen-bond donors (Lipinski definition) is 1. The fraction of sp³-hybridized carbons (Fsp3) is 0.250. The lowest BCUT2D eigenvalue weighted by molar-refractivity contribution is -0.143. The second kappa shape index (κ2) is 9.23. The molecule has 3 rings (SSSR count). The van der Waals surface area contributed by atoms with E-state index in [9.17, 15) is 31.1 Å². The van der Waals surface area contributed by atoms with Gasteiger partial charge < -0.3 is 4.42 Å². The summed E-state index contributed by atoms with van der Waals surface area (Å²) in [7, 11) is 0. The lowest BCUT2D eigenvalue weighted by Crippen LogP contribution is -2.17. The summed E-state index contributed by atoms with van der Waals surface area (Å²) in [6.45, 7) is 2.02. The van der Waals surface area contributed by atoms with Gasteiger partial charge in [0.2, 0.25) is 5.89 Å². The van der Waals surface area contributed by atoms with Crippen molar-refractivity contribution in [2.75, 3.05) is 11.1 Å². The average Bonchev–Trinajstić information content (AvgIpc) is 3.14. The molecule has 32 heavy (non-hydrogen) atoms. The molecule has 0 fully saturated rings. The molecule has 0 radical (unpaired) electrons. The first-order valence-corrected chi connectivity index (χ1v) is 10.1. The molecule has 0 aliphatic rings. The van der Waals surface area contributed by atoms with E-state index >= 15 is 0 Å². The van der Waals surface area contributed by atoms with Crippen LogP contribution in [0.4, 0.5) is 32.4 Å². The Bertz CT molecular complexity index is 1060. The second-order valence-corrected chi connectivity index (χ2v) is 7.84. The number of nitrogens with zero attached hydrogens (tertiary/aromatic N) is 2. The van der Waals surface area contributed by atoms with Crippen LogP contribution in [-0.4, -0.2) is 21.9 Å². The number of amides is 1. The van der Waals surface area contributed by atoms with Gasteiger partial charge in [-0.05, 0) is 41.6 Å². The molecule has 170 valence electrons. The maximum absolute atomic E-state index is 13.0. The molecule has 1 heterocycles. The van der Waals surface area contributed by atoms with Crippen LogP contribution in [0.5, 0.6) is 0 Å². The van der Waals surface area contributed by atoms with Gasteiger partial charge in [-0.3, -0.25) is 10.1 Å². The molecular formula is C20H15F6N3O2S. The summed E-state index contributed by atoms with van der Waals surface area (Å²) in [5.74, 6) is -0.225. The van der Waals surface area contributed by atoms with Crippen LogP contribution < -0.4 is 5.32 Å². The van der Waals surface area contributed by atoms with Crippen LogP contribution in [-0.2, 0) is 18.8 Å². The molecule has 0 aliphatic carbocycles. The standard InChI is InChI=1S/C20H15F6N3O2S/c1-2-32-15-5-3-11(4-6-15)7-16-28-29-18(31-16)27-17(30)12-8-13(19(21,22)23)10-14(9-12)20(24,25)26/h3-6,8-10H,2,7H2,1H3,(H,27,29,30). The first kappa shape index (κ1) is 23.6. The topological polar surface area (TPSA) is 68.0 Å². The largest absolute Gasteiger partial charge is 0.416 e. The van der Waals surface area contributed by atoms with Crippen molar-refractivity contribution in [3.8, 4) is 0 Å². The molecule has 5 nitrogen and oxygen atoms in total. The van der Waals surface area contributed by atoms with Crippen LogP contribution >= 0.6 is 11.8 Å². The third-order valence-electron chi connectivity index (χ3n) is 4.13. The van der Waals surface area contributed by atoms with E-state index in [-0.39, 0.29) is 18.4 Å². The van der Waals surface area contributed by atoms with Gasteiger partial charge in [0, 0.05) is 10.5 Å². The van der Waals surface area contributed by atoms with Gasteiger partial charge in [-0.25, -0.2) is 0 Å². The minimum absolute atomic E-state index is 0.0636. The highest BCUT2D eigenvalue weighted by Gasteiger charge is 2.37. The fourth-order valence-corrected chi connectivity index (χ4v) is 3.34. The van der Waals surface area contributed by atoms with E-state index in [4.69, 9.17) is 4.42 Å². The molecule has 12 heteroatoms. The predicted molar refractivity (Wildman–Crippen MR) is 104 cm³/mol. The molecule has 0 saturated heterocycles. The Morgan fingerprint density at radius 3 is 2.09 bits per heavy atom. The SMILES string of the molecule is CCSc1ccc(Cc2nnc(NC(=O)c3cc(C(F)(F)F)cc(C(F)(F)F)c3)o2)cc1. The zero-order chi connectivity index (χ0) is 23.5. The van der Waals surface area contributed by atoms with Gasteiger partial charge in [0.1, 0.15) is 0 Å². The molecule has 0 bridgehead atoms. The summed E-state index contributed by atoms with van der Waals surface area (Å²) in [6, 6.07) is 7.64. The summed E-state index contributed by atoms with van der Waals surface area (Å²) in [5, 5.41) is 9.33. The van der Waals surface area contributed by atoms with Gasteiger partial charge in [0.25, 0.3) is 5.91 Å². The predicted octanol–water partition coefficient (Wildman–Crippen LogP) is 6.06. The quantitative estimate of drug-likeness (QED) is 0.347. The summed E-state index contributed by atoms with van der Waals surface area (Å²) in [6.07, 6.45) is -9.92. The molecule has 1 aromatic heterocycles. The molecular weight excluding hydrogens is 460 g/mol. The molecule has 0 spiro atoms. The van der Waals surface area contributed by atoms with Gasteiger partial charge in [0.15, 0.2) is 0 Å². The lowest BCUT2D eigenvalue weighted by Gasteiger charge is -2.13. The smallest absolute Gasteiger partial charge is 0.407 e. The van der Waals surface area contributed by atoms with E-state index < -0.39 is 41.0 Å². The monoisotopic (exact) mass is 475 g/mol. The van der Waals surface area contributed by atoms with E-state index in [1.165, 1.54) is 0 Å². The highest BCUT2D eigenvalue weighted by atomic mass is 32.2. The summed E-state index contributed by atoms with van der Waals surface area (Å²) in [5.41, 5.74) is -3.22. The molecule has 1 N–H and O–H groups in total. The van der Waals surface area contributed by atoms with Gasteiger partial charge in [-0.1, -0.05) is 24.2 Å². The minimum atomic E-state index is -5.07. The van der Waals surface area contributed by atoms with Crippen LogP contribution in [0, 0.1) is 0 Å². The van der Waals surface area contributed by atoms with Gasteiger partial charge in [-0.15, -0.1) is 16.9 Å². The van der Waals surface area contributed by atoms with E-state index in [1.807, 2.05) is 36.5 Å². The first-order valence-electron chi connectivity index (χ1n) is 9.10. The first-order chi connectivity index (χ1) is 15.0. The molecule has 3 aromatic rings. The number of alkyl halides is 6. The van der Waals surface area contributed by atoms with Crippen molar-refractivity contribution < 1.29 is 35.6 Å². The van der Waals surface area contributed by atoms with Gasteiger partial charge in [0.05, 0.1) is 17.5 Å². The minimum Gasteiger partial charge on any atom is -0.407 e. The Labute approximate surface area is 182 Å². The third-order valence-corrected chi connectivity index (χ3v) is 5.02. The number of carbonyl (C=O) groups excluding carboxylic acids is 1. The number of carbonyl (C=O) groups is 1. The van der Waals surface area contributed by atoms with Crippen molar-refractivity contribution in [1.29, 1.82) is 0 Å². The van der Waals surface area contributed by atoms with E-state index in [2.05, 4.69) is 10.2 Å². The Morgan fingerprint density at radius 1 is 0.969 bits per heavy atom. The summed E-state index contributed by atoms with van der Waals surface area (Å²) < 4.78 is 83.0. The van der Waals surface area contributed by atoms with E-state index in [0.717, 1.165) is 16.2 Å². The van der Waals surface area contributed by atoms with Crippen LogP contribution in [0.2, 0.25) is 0 Å². The Morgan fingerprint density at radius 2 is 1.56 bits per heavy atom. The summed E-state index contributed by atoms with van der Waals surface area (Å²) in [4.78, 5) is 13.3. The molecule has 0 atom stereocenters. The number of benzene rings is 2. The zero-order valence-corrected chi connectivity index (χ0v) is 17.2. The van der Waals surface area contributed by atoms with E-state index in [1.54, 1.807) is 11.8 Å². The van der Waals surface area contributed by atoms with Crippen LogP contribution in [0.25, 0.3) is 0 Å². The highest BCUT2D eigenvalue weighted by Crippen LogP contribution is 2.36. The van der Waals surface area contributed by atoms with Crippen molar-refractivity contribution in [2.24, 2.45) is 0 Å². The van der Waals surface area contributed by atoms with Gasteiger partial charge >= 0.3 is 18.4 Å². The lowest BCUT2D eigenvalue weighted by atomic mass is 10.0. The van der Waals surface area contributed by atoms with Crippen LogP contribution in [0.1, 0.15) is 39.9 Å². The Hall–Kier alpha value is -3.02. The maximum atomic E-state index is 13.0. The number of aromatic nitrogens is 2. The van der Waals surface area contributed by atoms with E-state index in [0.29, 0.717) is 12.1 Å². The number of anilines is 1. The number of hydrogen-bond acceptors (Lipinski definition) is 5. The number of thioether (sulfide) groups is 1. The average molecular weight is 475 g/mol.